The fourth-order valence-corrected chi connectivity index (χ4v) is 1.89. The number of benzene rings is 1. The Morgan fingerprint density at radius 1 is 1.24 bits per heavy atom. The predicted octanol–water partition coefficient (Wildman–Crippen LogP) is 1.30. The second-order valence-electron chi connectivity index (χ2n) is 3.72. The molecule has 0 spiro atoms. The summed E-state index contributed by atoms with van der Waals surface area (Å²) in [7, 11) is 0. The van der Waals surface area contributed by atoms with E-state index in [1.807, 2.05) is 18.2 Å². The highest BCUT2D eigenvalue weighted by molar-refractivity contribution is 5.77. The van der Waals surface area contributed by atoms with Gasteiger partial charge < -0.3 is 10.7 Å². The molecule has 1 aromatic carbocycles. The largest absolute Gasteiger partial charge is 0.397 e. The molecular weight excluding hydrogens is 216 g/mol. The van der Waals surface area contributed by atoms with E-state index in [0.29, 0.717) is 16.9 Å². The lowest BCUT2D eigenvalue weighted by Gasteiger charge is -2.05. The number of para-hydroxylation sites is 2. The second kappa shape index (κ2) is 3.48. The minimum atomic E-state index is -0.217. The summed E-state index contributed by atoms with van der Waals surface area (Å²) in [6.07, 6.45) is 3.26. The van der Waals surface area contributed by atoms with E-state index in [9.17, 15) is 4.79 Å². The molecule has 0 saturated heterocycles. The minimum absolute atomic E-state index is 0.217. The quantitative estimate of drug-likeness (QED) is 0.614. The third-order valence-corrected chi connectivity index (χ3v) is 2.66. The Labute approximate surface area is 96.5 Å². The highest BCUT2D eigenvalue weighted by atomic mass is 16.1. The van der Waals surface area contributed by atoms with Crippen molar-refractivity contribution in [2.24, 2.45) is 0 Å². The number of nitrogens with zero attached hydrogens (tertiary/aromatic N) is 2. The highest BCUT2D eigenvalue weighted by Crippen LogP contribution is 2.19. The smallest absolute Gasteiger partial charge is 0.331 e. The minimum Gasteiger partial charge on any atom is -0.397 e. The van der Waals surface area contributed by atoms with E-state index in [4.69, 9.17) is 5.73 Å². The van der Waals surface area contributed by atoms with Crippen molar-refractivity contribution in [2.45, 2.75) is 0 Å². The summed E-state index contributed by atoms with van der Waals surface area (Å²) in [4.78, 5) is 18.6. The van der Waals surface area contributed by atoms with Gasteiger partial charge in [-0.05, 0) is 18.2 Å². The van der Waals surface area contributed by atoms with E-state index >= 15 is 0 Å². The molecule has 0 radical (unpaired) electrons. The molecule has 3 aromatic rings. The SMILES string of the molecule is Nc1ccccc1-n1c(=O)[nH]c2cnccc21. The van der Waals surface area contributed by atoms with Crippen LogP contribution in [0.1, 0.15) is 0 Å². The number of anilines is 1. The normalized spacial score (nSPS) is 10.8. The maximum atomic E-state index is 11.9. The number of imidazole rings is 1. The van der Waals surface area contributed by atoms with Gasteiger partial charge in [0.1, 0.15) is 0 Å². The Morgan fingerprint density at radius 3 is 2.88 bits per heavy atom. The lowest BCUT2D eigenvalue weighted by atomic mass is 10.2. The summed E-state index contributed by atoms with van der Waals surface area (Å²) in [5.41, 5.74) is 8.37. The molecule has 0 unspecified atom stereocenters. The first-order chi connectivity index (χ1) is 8.27. The van der Waals surface area contributed by atoms with Gasteiger partial charge in [-0.15, -0.1) is 0 Å². The van der Waals surface area contributed by atoms with Crippen molar-refractivity contribution in [1.82, 2.24) is 14.5 Å². The van der Waals surface area contributed by atoms with Crippen LogP contribution in [0.5, 0.6) is 0 Å². The summed E-state index contributed by atoms with van der Waals surface area (Å²) < 4.78 is 1.55. The average molecular weight is 226 g/mol. The lowest BCUT2D eigenvalue weighted by molar-refractivity contribution is 1.02. The van der Waals surface area contributed by atoms with Crippen molar-refractivity contribution in [2.75, 3.05) is 5.73 Å². The van der Waals surface area contributed by atoms with Crippen LogP contribution in [-0.2, 0) is 0 Å². The number of nitrogens with one attached hydrogen (secondary N) is 1. The summed E-state index contributed by atoms with van der Waals surface area (Å²) >= 11 is 0. The van der Waals surface area contributed by atoms with E-state index in [2.05, 4.69) is 9.97 Å². The second-order valence-corrected chi connectivity index (χ2v) is 3.72. The van der Waals surface area contributed by atoms with E-state index in [1.54, 1.807) is 29.1 Å². The molecule has 0 aliphatic heterocycles. The van der Waals surface area contributed by atoms with Gasteiger partial charge in [0.2, 0.25) is 0 Å². The summed E-state index contributed by atoms with van der Waals surface area (Å²) in [6, 6.07) is 9.03. The molecule has 3 rings (SSSR count). The molecule has 3 N–H and O–H groups in total. The summed E-state index contributed by atoms with van der Waals surface area (Å²) in [5.74, 6) is 0. The van der Waals surface area contributed by atoms with Crippen LogP contribution in [-0.4, -0.2) is 14.5 Å². The number of rotatable bonds is 1. The van der Waals surface area contributed by atoms with Crippen molar-refractivity contribution in [3.63, 3.8) is 0 Å². The monoisotopic (exact) mass is 226 g/mol. The standard InChI is InChI=1S/C12H10N4O/c13-8-3-1-2-4-10(8)16-11-5-6-14-7-9(11)15-12(16)17/h1-7H,13H2,(H,15,17). The van der Waals surface area contributed by atoms with Crippen molar-refractivity contribution < 1.29 is 0 Å². The zero-order valence-corrected chi connectivity index (χ0v) is 8.92. The molecule has 5 nitrogen and oxygen atoms in total. The molecule has 0 saturated carbocycles. The van der Waals surface area contributed by atoms with Crippen LogP contribution < -0.4 is 11.4 Å². The lowest BCUT2D eigenvalue weighted by Crippen LogP contribution is -2.15. The highest BCUT2D eigenvalue weighted by Gasteiger charge is 2.09. The van der Waals surface area contributed by atoms with Crippen LogP contribution >= 0.6 is 0 Å². The van der Waals surface area contributed by atoms with Gasteiger partial charge in [0, 0.05) is 6.20 Å². The van der Waals surface area contributed by atoms with Crippen LogP contribution in [0.25, 0.3) is 16.7 Å². The predicted molar refractivity (Wildman–Crippen MR) is 66.1 cm³/mol. The van der Waals surface area contributed by atoms with Gasteiger partial charge in [-0.2, -0.15) is 0 Å². The molecule has 2 aromatic heterocycles. The van der Waals surface area contributed by atoms with Gasteiger partial charge in [0.15, 0.2) is 0 Å². The van der Waals surface area contributed by atoms with Gasteiger partial charge >= 0.3 is 5.69 Å². The Morgan fingerprint density at radius 2 is 2.06 bits per heavy atom. The molecule has 0 amide bonds. The maximum absolute atomic E-state index is 11.9. The van der Waals surface area contributed by atoms with Crippen LogP contribution in [0.2, 0.25) is 0 Å². The van der Waals surface area contributed by atoms with E-state index < -0.39 is 0 Å². The molecule has 17 heavy (non-hydrogen) atoms. The number of fused-ring (bicyclic) bond motifs is 1. The van der Waals surface area contributed by atoms with Crippen LogP contribution in [0, 0.1) is 0 Å². The first-order valence-corrected chi connectivity index (χ1v) is 5.17. The molecule has 0 bridgehead atoms. The summed E-state index contributed by atoms with van der Waals surface area (Å²) in [6.45, 7) is 0. The number of nitrogens with two attached hydrogens (primary N) is 1. The number of pyridine rings is 1. The fourth-order valence-electron chi connectivity index (χ4n) is 1.89. The molecule has 5 heteroatoms. The van der Waals surface area contributed by atoms with Crippen molar-refractivity contribution in [1.29, 1.82) is 0 Å². The number of hydrogen-bond acceptors (Lipinski definition) is 3. The van der Waals surface area contributed by atoms with Crippen molar-refractivity contribution in [3.8, 4) is 5.69 Å². The van der Waals surface area contributed by atoms with Gasteiger partial charge in [-0.3, -0.25) is 9.55 Å². The first-order valence-electron chi connectivity index (χ1n) is 5.17. The Kier molecular flexibility index (Phi) is 1.98. The molecular formula is C12H10N4O. The first kappa shape index (κ1) is 9.65. The van der Waals surface area contributed by atoms with E-state index in [0.717, 1.165) is 5.52 Å². The van der Waals surface area contributed by atoms with Gasteiger partial charge in [-0.1, -0.05) is 12.1 Å². The number of aromatic nitrogens is 3. The Balaban J connectivity index is 2.42. The molecule has 0 atom stereocenters. The van der Waals surface area contributed by atoms with Gasteiger partial charge in [-0.25, -0.2) is 4.79 Å². The van der Waals surface area contributed by atoms with E-state index in [-0.39, 0.29) is 5.69 Å². The third kappa shape index (κ3) is 1.40. The number of hydrogen-bond donors (Lipinski definition) is 2. The zero-order valence-electron chi connectivity index (χ0n) is 8.92. The molecule has 0 fully saturated rings. The average Bonchev–Trinajstić information content (AvgIpc) is 2.66. The molecule has 2 heterocycles. The topological polar surface area (TPSA) is 76.7 Å². The van der Waals surface area contributed by atoms with Crippen molar-refractivity contribution in [3.05, 3.63) is 53.2 Å². The third-order valence-electron chi connectivity index (χ3n) is 2.66. The number of nitrogen functional groups attached to an aromatic ring is 1. The van der Waals surface area contributed by atoms with Crippen LogP contribution in [0.15, 0.2) is 47.5 Å². The van der Waals surface area contributed by atoms with Gasteiger partial charge in [0.05, 0.1) is 28.6 Å². The molecule has 0 aliphatic carbocycles. The molecule has 84 valence electrons. The Hall–Kier alpha value is -2.56. The van der Waals surface area contributed by atoms with Gasteiger partial charge in [0.25, 0.3) is 0 Å². The molecule has 0 aliphatic rings. The number of aromatic amines is 1. The fraction of sp³-hybridized carbons (Fsp3) is 0. The van der Waals surface area contributed by atoms with Crippen LogP contribution in [0.3, 0.4) is 0 Å². The number of H-pyrrole nitrogens is 1. The summed E-state index contributed by atoms with van der Waals surface area (Å²) in [5, 5.41) is 0. The Bertz CT molecular complexity index is 741. The van der Waals surface area contributed by atoms with Crippen LogP contribution in [0.4, 0.5) is 5.69 Å². The zero-order chi connectivity index (χ0) is 11.8. The van der Waals surface area contributed by atoms with E-state index in [1.165, 1.54) is 0 Å². The maximum Gasteiger partial charge on any atom is 0.331 e. The van der Waals surface area contributed by atoms with Crippen molar-refractivity contribution >= 4 is 16.7 Å².